The van der Waals surface area contributed by atoms with E-state index in [4.69, 9.17) is 44.3 Å². The van der Waals surface area contributed by atoms with E-state index in [0.717, 1.165) is 32.2 Å². The van der Waals surface area contributed by atoms with E-state index in [2.05, 4.69) is 36.1 Å². The van der Waals surface area contributed by atoms with Gasteiger partial charge in [-0.2, -0.15) is 0 Å². The second-order valence-corrected chi connectivity index (χ2v) is 10.8. The molecule has 3 rings (SSSR count). The third kappa shape index (κ3) is 6.48. The van der Waals surface area contributed by atoms with Gasteiger partial charge in [-0.15, -0.1) is 0 Å². The van der Waals surface area contributed by atoms with Crippen molar-refractivity contribution < 1.29 is 14.3 Å². The van der Waals surface area contributed by atoms with Crippen molar-refractivity contribution in [2.45, 2.75) is 61.6 Å². The SMILES string of the molecule is CCc1cccc(CO[C@H]2CCC[C@@H]3CN(C)[C@H](C(=O)OCC(Cl)(Cl)Cl)C[C@@H]32)c1. The van der Waals surface area contributed by atoms with E-state index in [9.17, 15) is 4.79 Å². The number of esters is 1. The number of rotatable bonds is 6. The van der Waals surface area contributed by atoms with Gasteiger partial charge in [0.15, 0.2) is 0 Å². The highest BCUT2D eigenvalue weighted by molar-refractivity contribution is 6.67. The number of hydrogen-bond donors (Lipinski definition) is 0. The number of ether oxygens (including phenoxy) is 2. The molecule has 0 unspecified atom stereocenters. The van der Waals surface area contributed by atoms with Crippen molar-refractivity contribution in [3.63, 3.8) is 0 Å². The number of aryl methyl sites for hydroxylation is 1. The molecule has 1 saturated heterocycles. The van der Waals surface area contributed by atoms with E-state index in [1.54, 1.807) is 0 Å². The minimum Gasteiger partial charge on any atom is -0.460 e. The summed E-state index contributed by atoms with van der Waals surface area (Å²) in [6, 6.07) is 8.24. The van der Waals surface area contributed by atoms with Gasteiger partial charge in [0.05, 0.1) is 12.7 Å². The molecule has 0 bridgehead atoms. The van der Waals surface area contributed by atoms with Crippen molar-refractivity contribution in [1.82, 2.24) is 4.90 Å². The Morgan fingerprint density at radius 1 is 1.24 bits per heavy atom. The lowest BCUT2D eigenvalue weighted by Gasteiger charge is -2.46. The number of carbonyl (C=O) groups excluding carboxylic acids is 1. The zero-order chi connectivity index (χ0) is 21.0. The molecule has 1 aliphatic heterocycles. The molecule has 4 atom stereocenters. The lowest BCUT2D eigenvalue weighted by Crippen LogP contribution is -2.53. The van der Waals surface area contributed by atoms with Gasteiger partial charge in [0.2, 0.25) is 3.79 Å². The Bertz CT molecular complexity index is 694. The van der Waals surface area contributed by atoms with Gasteiger partial charge in [-0.25, -0.2) is 0 Å². The first-order valence-corrected chi connectivity index (χ1v) is 11.5. The number of fused-ring (bicyclic) bond motifs is 1. The summed E-state index contributed by atoms with van der Waals surface area (Å²) < 4.78 is 10.1. The minimum absolute atomic E-state index is 0.163. The van der Waals surface area contributed by atoms with Crippen molar-refractivity contribution >= 4 is 40.8 Å². The predicted molar refractivity (Wildman–Crippen MR) is 118 cm³/mol. The molecule has 162 valence electrons. The van der Waals surface area contributed by atoms with E-state index in [1.807, 2.05) is 7.05 Å². The molecule has 7 heteroatoms. The molecule has 29 heavy (non-hydrogen) atoms. The quantitative estimate of drug-likeness (QED) is 0.432. The Labute approximate surface area is 188 Å². The van der Waals surface area contributed by atoms with Gasteiger partial charge in [-0.1, -0.05) is 72.4 Å². The monoisotopic (exact) mass is 461 g/mol. The van der Waals surface area contributed by atoms with Crippen LogP contribution in [0.5, 0.6) is 0 Å². The van der Waals surface area contributed by atoms with Crippen molar-refractivity contribution in [2.75, 3.05) is 20.2 Å². The van der Waals surface area contributed by atoms with Crippen molar-refractivity contribution in [1.29, 1.82) is 0 Å². The topological polar surface area (TPSA) is 38.8 Å². The van der Waals surface area contributed by atoms with E-state index in [0.29, 0.717) is 18.4 Å². The zero-order valence-electron chi connectivity index (χ0n) is 17.1. The molecule has 2 fully saturated rings. The molecule has 1 aliphatic carbocycles. The highest BCUT2D eigenvalue weighted by Crippen LogP contribution is 2.40. The number of halogens is 3. The first-order chi connectivity index (χ1) is 13.8. The minimum atomic E-state index is -1.59. The van der Waals surface area contributed by atoms with Crippen LogP contribution in [0.25, 0.3) is 0 Å². The van der Waals surface area contributed by atoms with Gasteiger partial charge < -0.3 is 9.47 Å². The molecular weight excluding hydrogens is 433 g/mol. The van der Waals surface area contributed by atoms with Crippen LogP contribution in [0.1, 0.15) is 43.7 Å². The molecule has 1 aromatic rings. The lowest BCUT2D eigenvalue weighted by molar-refractivity contribution is -0.155. The molecule has 0 aromatic heterocycles. The van der Waals surface area contributed by atoms with E-state index < -0.39 is 3.79 Å². The molecule has 0 amide bonds. The first-order valence-electron chi connectivity index (χ1n) is 10.4. The van der Waals surface area contributed by atoms with E-state index in [-0.39, 0.29) is 24.7 Å². The highest BCUT2D eigenvalue weighted by Gasteiger charge is 2.43. The number of likely N-dealkylation sites (tertiary alicyclic amines) is 1. The molecule has 1 heterocycles. The maximum absolute atomic E-state index is 12.6. The van der Waals surface area contributed by atoms with Crippen molar-refractivity contribution in [3.05, 3.63) is 35.4 Å². The highest BCUT2D eigenvalue weighted by atomic mass is 35.6. The number of carbonyl (C=O) groups is 1. The summed E-state index contributed by atoms with van der Waals surface area (Å²) in [5.74, 6) is 0.565. The summed E-state index contributed by atoms with van der Waals surface area (Å²) in [4.78, 5) is 14.7. The molecular formula is C22H30Cl3NO3. The van der Waals surface area contributed by atoms with Crippen molar-refractivity contribution in [2.24, 2.45) is 11.8 Å². The van der Waals surface area contributed by atoms with E-state index in [1.165, 1.54) is 17.5 Å². The number of piperidine rings is 1. The molecule has 1 aromatic carbocycles. The molecule has 0 radical (unpaired) electrons. The van der Waals surface area contributed by atoms with Gasteiger partial charge in [-0.05, 0) is 55.7 Å². The Hall–Kier alpha value is -0.520. The second-order valence-electron chi connectivity index (χ2n) is 8.29. The van der Waals surface area contributed by atoms with Crippen LogP contribution >= 0.6 is 34.8 Å². The lowest BCUT2D eigenvalue weighted by atomic mass is 9.71. The number of benzene rings is 1. The van der Waals surface area contributed by atoms with Crippen molar-refractivity contribution in [3.8, 4) is 0 Å². The average molecular weight is 463 g/mol. The van der Waals surface area contributed by atoms with Crippen LogP contribution in [-0.2, 0) is 27.3 Å². The van der Waals surface area contributed by atoms with Crippen LogP contribution in [0.2, 0.25) is 0 Å². The molecule has 4 nitrogen and oxygen atoms in total. The largest absolute Gasteiger partial charge is 0.460 e. The Morgan fingerprint density at radius 3 is 2.72 bits per heavy atom. The summed E-state index contributed by atoms with van der Waals surface area (Å²) in [5.41, 5.74) is 2.53. The normalized spacial score (nSPS) is 28.0. The number of hydrogen-bond acceptors (Lipinski definition) is 4. The number of likely N-dealkylation sites (N-methyl/N-ethyl adjacent to an activating group) is 1. The standard InChI is InChI=1S/C22H30Cl3NO3/c1-3-15-6-4-7-16(10-15)13-28-20-9-5-8-17-12-26(2)19(11-18(17)20)21(27)29-14-22(23,24)25/h4,6-7,10,17-20H,3,5,8-9,11-14H2,1-2H3/t17-,18+,19+,20+/m1/s1. The molecule has 1 saturated carbocycles. The number of alkyl halides is 3. The summed E-state index contributed by atoms with van der Waals surface area (Å²) in [5, 5.41) is 0. The first kappa shape index (κ1) is 23.1. The molecule has 2 aliphatic rings. The van der Waals surface area contributed by atoms with Gasteiger partial charge >= 0.3 is 5.97 Å². The van der Waals surface area contributed by atoms with Gasteiger partial charge in [-0.3, -0.25) is 9.69 Å². The third-order valence-corrected chi connectivity index (χ3v) is 6.54. The summed E-state index contributed by atoms with van der Waals surface area (Å²) in [7, 11) is 1.97. The van der Waals surface area contributed by atoms with Gasteiger partial charge in [0.1, 0.15) is 12.6 Å². The van der Waals surface area contributed by atoms with Crippen LogP contribution < -0.4 is 0 Å². The fraction of sp³-hybridized carbons (Fsp3) is 0.682. The predicted octanol–water partition coefficient (Wildman–Crippen LogP) is 5.17. The van der Waals surface area contributed by atoms with Crippen LogP contribution in [0.3, 0.4) is 0 Å². The maximum atomic E-state index is 12.6. The molecule has 0 N–H and O–H groups in total. The fourth-order valence-electron chi connectivity index (χ4n) is 4.69. The summed E-state index contributed by atoms with van der Waals surface area (Å²) in [6.45, 7) is 3.40. The second kappa shape index (κ2) is 10.2. The molecule has 0 spiro atoms. The van der Waals surface area contributed by atoms with Gasteiger partial charge in [0.25, 0.3) is 0 Å². The van der Waals surface area contributed by atoms with E-state index >= 15 is 0 Å². The smallest absolute Gasteiger partial charge is 0.323 e. The van der Waals surface area contributed by atoms with Crippen LogP contribution in [0.15, 0.2) is 24.3 Å². The Morgan fingerprint density at radius 2 is 2.00 bits per heavy atom. The third-order valence-electron chi connectivity index (χ3n) is 6.21. The van der Waals surface area contributed by atoms with Crippen LogP contribution in [0, 0.1) is 11.8 Å². The van der Waals surface area contributed by atoms with Crippen LogP contribution in [0.4, 0.5) is 0 Å². The maximum Gasteiger partial charge on any atom is 0.323 e. The fourth-order valence-corrected chi connectivity index (χ4v) is 4.86. The zero-order valence-corrected chi connectivity index (χ0v) is 19.3. The summed E-state index contributed by atoms with van der Waals surface area (Å²) in [6.07, 6.45) is 5.28. The Kier molecular flexibility index (Phi) is 8.14. The average Bonchev–Trinajstić information content (AvgIpc) is 2.69. The Balaban J connectivity index is 1.62. The van der Waals surface area contributed by atoms with Gasteiger partial charge in [0, 0.05) is 6.54 Å². The number of nitrogens with zero attached hydrogens (tertiary/aromatic N) is 1. The van der Waals surface area contributed by atoms with Crippen LogP contribution in [-0.4, -0.2) is 47.0 Å². The summed E-state index contributed by atoms with van der Waals surface area (Å²) >= 11 is 17.2.